The van der Waals surface area contributed by atoms with Crippen LogP contribution in [0, 0.1) is 0 Å². The van der Waals surface area contributed by atoms with E-state index in [-0.39, 0.29) is 0 Å². The van der Waals surface area contributed by atoms with Gasteiger partial charge in [0.25, 0.3) is 0 Å². The molecule has 0 fully saturated rings. The van der Waals surface area contributed by atoms with Crippen LogP contribution in [0.2, 0.25) is 0 Å². The standard InChI is InChI=1S/C24H34O4S3/c1-5-25-13-15-29-19-9-11-23(21(17-19)27-7-3)31-24-12-10-20(18-22(24)28-8-4)30-16-14-26-6-2/h9-12,17-18H,5-8,13-16H2,1-4H3. The smallest absolute Gasteiger partial charge is 0.134 e. The third kappa shape index (κ3) is 9.58. The number of hydrogen-bond acceptors (Lipinski definition) is 7. The summed E-state index contributed by atoms with van der Waals surface area (Å²) in [6, 6.07) is 12.8. The van der Waals surface area contributed by atoms with E-state index in [9.17, 15) is 0 Å². The fourth-order valence-electron chi connectivity index (χ4n) is 2.71. The lowest BCUT2D eigenvalue weighted by atomic mass is 10.3. The zero-order valence-corrected chi connectivity index (χ0v) is 21.4. The van der Waals surface area contributed by atoms with Crippen LogP contribution in [-0.4, -0.2) is 51.1 Å². The van der Waals surface area contributed by atoms with Crippen LogP contribution in [0.25, 0.3) is 0 Å². The summed E-state index contributed by atoms with van der Waals surface area (Å²) >= 11 is 5.26. The normalized spacial score (nSPS) is 11.0. The summed E-state index contributed by atoms with van der Waals surface area (Å²) in [4.78, 5) is 4.57. The first-order chi connectivity index (χ1) is 15.2. The molecule has 2 rings (SSSR count). The van der Waals surface area contributed by atoms with E-state index in [0.717, 1.165) is 59.2 Å². The van der Waals surface area contributed by atoms with E-state index in [1.807, 2.05) is 27.7 Å². The van der Waals surface area contributed by atoms with Gasteiger partial charge in [0, 0.05) is 34.5 Å². The predicted octanol–water partition coefficient (Wildman–Crippen LogP) is 6.89. The van der Waals surface area contributed by atoms with Crippen LogP contribution >= 0.6 is 35.3 Å². The first-order valence-corrected chi connectivity index (χ1v) is 13.6. The molecule has 0 heterocycles. The zero-order chi connectivity index (χ0) is 22.3. The molecule has 0 N–H and O–H groups in total. The molecule has 0 saturated heterocycles. The van der Waals surface area contributed by atoms with Crippen LogP contribution in [0.3, 0.4) is 0 Å². The predicted molar refractivity (Wildman–Crippen MR) is 134 cm³/mol. The quantitative estimate of drug-likeness (QED) is 0.190. The molecule has 7 heteroatoms. The second-order valence-corrected chi connectivity index (χ2v) is 9.70. The van der Waals surface area contributed by atoms with Gasteiger partial charge in [0.1, 0.15) is 11.5 Å². The number of rotatable bonds is 16. The van der Waals surface area contributed by atoms with E-state index in [1.165, 1.54) is 9.79 Å². The molecule has 0 bridgehead atoms. The molecule has 0 aliphatic carbocycles. The molecule has 0 atom stereocenters. The van der Waals surface area contributed by atoms with E-state index in [2.05, 4.69) is 36.4 Å². The van der Waals surface area contributed by atoms with Gasteiger partial charge in [0.2, 0.25) is 0 Å². The maximum Gasteiger partial charge on any atom is 0.134 e. The van der Waals surface area contributed by atoms with Crippen LogP contribution in [-0.2, 0) is 9.47 Å². The summed E-state index contributed by atoms with van der Waals surface area (Å²) in [6.07, 6.45) is 0. The average molecular weight is 483 g/mol. The summed E-state index contributed by atoms with van der Waals surface area (Å²) < 4.78 is 22.8. The summed E-state index contributed by atoms with van der Waals surface area (Å²) in [7, 11) is 0. The van der Waals surface area contributed by atoms with Gasteiger partial charge in [-0.25, -0.2) is 0 Å². The van der Waals surface area contributed by atoms with Crippen LogP contribution in [0.15, 0.2) is 56.0 Å². The topological polar surface area (TPSA) is 36.9 Å². The van der Waals surface area contributed by atoms with Crippen molar-refractivity contribution < 1.29 is 18.9 Å². The molecule has 2 aromatic carbocycles. The van der Waals surface area contributed by atoms with Crippen LogP contribution in [0.5, 0.6) is 11.5 Å². The van der Waals surface area contributed by atoms with E-state index in [1.54, 1.807) is 35.3 Å². The number of thioether (sulfide) groups is 2. The van der Waals surface area contributed by atoms with Crippen molar-refractivity contribution in [3.05, 3.63) is 36.4 Å². The fourth-order valence-corrected chi connectivity index (χ4v) is 5.23. The summed E-state index contributed by atoms with van der Waals surface area (Å²) in [5, 5.41) is 0. The Morgan fingerprint density at radius 3 is 1.45 bits per heavy atom. The van der Waals surface area contributed by atoms with Gasteiger partial charge in [0.05, 0.1) is 36.2 Å². The Bertz CT molecular complexity index is 707. The van der Waals surface area contributed by atoms with Gasteiger partial charge in [-0.1, -0.05) is 11.8 Å². The Kier molecular flexibility index (Phi) is 13.3. The molecule has 172 valence electrons. The van der Waals surface area contributed by atoms with Crippen molar-refractivity contribution >= 4 is 35.3 Å². The largest absolute Gasteiger partial charge is 0.493 e. The van der Waals surface area contributed by atoms with Gasteiger partial charge >= 0.3 is 0 Å². The van der Waals surface area contributed by atoms with Gasteiger partial charge in [-0.2, -0.15) is 0 Å². The molecule has 0 aliphatic heterocycles. The molecule has 4 nitrogen and oxygen atoms in total. The molecule has 0 saturated carbocycles. The molecular formula is C24H34O4S3. The lowest BCUT2D eigenvalue weighted by Gasteiger charge is -2.15. The molecule has 0 aliphatic rings. The van der Waals surface area contributed by atoms with Crippen molar-refractivity contribution in [1.29, 1.82) is 0 Å². The van der Waals surface area contributed by atoms with Crippen molar-refractivity contribution in [1.82, 2.24) is 0 Å². The lowest BCUT2D eigenvalue weighted by molar-refractivity contribution is 0.164. The summed E-state index contributed by atoms with van der Waals surface area (Å²) in [6.45, 7) is 12.4. The molecule has 0 radical (unpaired) electrons. The van der Waals surface area contributed by atoms with Crippen molar-refractivity contribution in [2.45, 2.75) is 47.3 Å². The average Bonchev–Trinajstić information content (AvgIpc) is 2.78. The van der Waals surface area contributed by atoms with Crippen molar-refractivity contribution in [2.75, 3.05) is 51.1 Å². The molecular weight excluding hydrogens is 448 g/mol. The number of benzene rings is 2. The lowest BCUT2D eigenvalue weighted by Crippen LogP contribution is -1.98. The highest BCUT2D eigenvalue weighted by atomic mass is 32.2. The van der Waals surface area contributed by atoms with Crippen molar-refractivity contribution in [3.8, 4) is 11.5 Å². The van der Waals surface area contributed by atoms with Crippen LogP contribution < -0.4 is 9.47 Å². The zero-order valence-electron chi connectivity index (χ0n) is 19.0. The Morgan fingerprint density at radius 2 is 1.06 bits per heavy atom. The summed E-state index contributed by atoms with van der Waals surface area (Å²) in [5.74, 6) is 3.68. The summed E-state index contributed by atoms with van der Waals surface area (Å²) in [5.41, 5.74) is 0. The minimum Gasteiger partial charge on any atom is -0.493 e. The fraction of sp³-hybridized carbons (Fsp3) is 0.500. The minimum absolute atomic E-state index is 0.633. The van der Waals surface area contributed by atoms with Gasteiger partial charge < -0.3 is 18.9 Å². The third-order valence-electron chi connectivity index (χ3n) is 4.05. The van der Waals surface area contributed by atoms with Crippen LogP contribution in [0.4, 0.5) is 0 Å². The Hall–Kier alpha value is -0.990. The third-order valence-corrected chi connectivity index (χ3v) is 7.08. The monoisotopic (exact) mass is 482 g/mol. The van der Waals surface area contributed by atoms with Gasteiger partial charge in [-0.3, -0.25) is 0 Å². The Labute approximate surface area is 200 Å². The molecule has 0 spiro atoms. The maximum atomic E-state index is 5.95. The first kappa shape index (κ1) is 26.3. The van der Waals surface area contributed by atoms with E-state index >= 15 is 0 Å². The van der Waals surface area contributed by atoms with Crippen LogP contribution in [0.1, 0.15) is 27.7 Å². The second-order valence-electron chi connectivity index (χ2n) is 6.28. The SMILES string of the molecule is CCOCCSc1ccc(Sc2ccc(SCCOCC)cc2OCC)c(OCC)c1. The van der Waals surface area contributed by atoms with Gasteiger partial charge in [0.15, 0.2) is 0 Å². The van der Waals surface area contributed by atoms with Crippen molar-refractivity contribution in [3.63, 3.8) is 0 Å². The highest BCUT2D eigenvalue weighted by Crippen LogP contribution is 2.42. The minimum atomic E-state index is 0.633. The van der Waals surface area contributed by atoms with Crippen molar-refractivity contribution in [2.24, 2.45) is 0 Å². The molecule has 0 amide bonds. The van der Waals surface area contributed by atoms with E-state index in [0.29, 0.717) is 13.2 Å². The molecule has 31 heavy (non-hydrogen) atoms. The highest BCUT2D eigenvalue weighted by Gasteiger charge is 2.12. The van der Waals surface area contributed by atoms with E-state index in [4.69, 9.17) is 18.9 Å². The molecule has 2 aromatic rings. The number of hydrogen-bond donors (Lipinski definition) is 0. The van der Waals surface area contributed by atoms with E-state index < -0.39 is 0 Å². The number of ether oxygens (including phenoxy) is 4. The second kappa shape index (κ2) is 15.8. The Morgan fingerprint density at radius 1 is 0.613 bits per heavy atom. The highest BCUT2D eigenvalue weighted by molar-refractivity contribution is 8.00. The molecule has 0 unspecified atom stereocenters. The van der Waals surface area contributed by atoms with Gasteiger partial charge in [-0.15, -0.1) is 23.5 Å². The van der Waals surface area contributed by atoms with Gasteiger partial charge in [-0.05, 0) is 64.1 Å². The first-order valence-electron chi connectivity index (χ1n) is 10.8. The Balaban J connectivity index is 2.13. The molecule has 0 aromatic heterocycles. The maximum absolute atomic E-state index is 5.95.